The van der Waals surface area contributed by atoms with E-state index >= 15 is 0 Å². The maximum absolute atomic E-state index is 11.5. The molecule has 3 rings (SSSR count). The highest BCUT2D eigenvalue weighted by Gasteiger charge is 2.14. The third-order valence-corrected chi connectivity index (χ3v) is 4.10. The number of aromatic nitrogens is 3. The largest absolute Gasteiger partial charge is 0.445 e. The van der Waals surface area contributed by atoms with Crippen molar-refractivity contribution < 1.29 is 9.53 Å². The maximum Gasteiger partial charge on any atom is 0.414 e. The van der Waals surface area contributed by atoms with E-state index in [-0.39, 0.29) is 12.6 Å². The fourth-order valence-electron chi connectivity index (χ4n) is 2.28. The summed E-state index contributed by atoms with van der Waals surface area (Å²) in [4.78, 5) is 16.5. The van der Waals surface area contributed by atoms with Crippen LogP contribution in [0.5, 0.6) is 0 Å². The molecule has 1 N–H and O–H groups in total. The summed E-state index contributed by atoms with van der Waals surface area (Å²) in [5.41, 5.74) is 4.42. The molecule has 1 aromatic carbocycles. The molecule has 2 heterocycles. The molecule has 0 spiro atoms. The molecule has 0 aliphatic carbocycles. The van der Waals surface area contributed by atoms with Gasteiger partial charge in [-0.1, -0.05) is 36.4 Å². The fraction of sp³-hybridized carbons (Fsp3) is 0.188. The fourth-order valence-corrected chi connectivity index (χ4v) is 3.10. The first-order chi connectivity index (χ1) is 11.1. The highest BCUT2D eigenvalue weighted by atomic mass is 32.1. The Morgan fingerprint density at radius 2 is 2.30 bits per heavy atom. The normalized spacial score (nSPS) is 10.7. The molecule has 0 saturated carbocycles. The molecule has 118 valence electrons. The number of rotatable bonds is 4. The highest BCUT2D eigenvalue weighted by molar-refractivity contribution is 7.15. The third kappa shape index (κ3) is 3.09. The van der Waals surface area contributed by atoms with Crippen LogP contribution in [0.3, 0.4) is 0 Å². The Kier molecular flexibility index (Phi) is 4.12. The van der Waals surface area contributed by atoms with E-state index in [1.807, 2.05) is 5.38 Å². The number of hydrogen-bond donors (Lipinski definition) is 1. The molecule has 3 aromatic rings. The zero-order valence-corrected chi connectivity index (χ0v) is 13.7. The van der Waals surface area contributed by atoms with E-state index in [4.69, 9.17) is 4.74 Å². The lowest BCUT2D eigenvalue weighted by molar-refractivity contribution is 0.174. The van der Waals surface area contributed by atoms with Crippen molar-refractivity contribution >= 4 is 28.3 Å². The number of carbonyl (C=O) groups excluding carboxylic acids is 1. The standard InChI is InChI=1S/C16H16N4O2S/c1-4-7-22-16(21)18-14-17-15-20(19-14)13(9-23-15)12-6-5-10(2)8-11(12)3/h4-6,8-9H,1,7H2,2-3H3,(H,18,19,21). The van der Waals surface area contributed by atoms with Crippen LogP contribution in [0.2, 0.25) is 0 Å². The summed E-state index contributed by atoms with van der Waals surface area (Å²) in [6, 6.07) is 6.26. The second-order valence-corrected chi connectivity index (χ2v) is 5.92. The molecule has 2 aromatic heterocycles. The number of thiazole rings is 1. The van der Waals surface area contributed by atoms with Gasteiger partial charge in [0, 0.05) is 10.9 Å². The van der Waals surface area contributed by atoms with E-state index < -0.39 is 6.09 Å². The van der Waals surface area contributed by atoms with Gasteiger partial charge in [-0.2, -0.15) is 4.98 Å². The van der Waals surface area contributed by atoms with Crippen molar-refractivity contribution in [2.75, 3.05) is 11.9 Å². The Morgan fingerprint density at radius 1 is 1.48 bits per heavy atom. The van der Waals surface area contributed by atoms with E-state index in [0.717, 1.165) is 11.3 Å². The molecule has 7 heteroatoms. The monoisotopic (exact) mass is 328 g/mol. The van der Waals surface area contributed by atoms with E-state index in [1.54, 1.807) is 4.52 Å². The second-order valence-electron chi connectivity index (χ2n) is 5.08. The SMILES string of the molecule is C=CCOC(=O)Nc1nc2scc(-c3ccc(C)cc3C)n2n1. The number of carbonyl (C=O) groups is 1. The van der Waals surface area contributed by atoms with Gasteiger partial charge in [-0.25, -0.2) is 9.31 Å². The van der Waals surface area contributed by atoms with Crippen LogP contribution in [-0.2, 0) is 4.74 Å². The minimum absolute atomic E-state index is 0.141. The lowest BCUT2D eigenvalue weighted by Crippen LogP contribution is -2.14. The lowest BCUT2D eigenvalue weighted by Gasteiger charge is -2.05. The van der Waals surface area contributed by atoms with Gasteiger partial charge >= 0.3 is 6.09 Å². The minimum atomic E-state index is -0.601. The van der Waals surface area contributed by atoms with E-state index in [0.29, 0.717) is 4.96 Å². The number of fused-ring (bicyclic) bond motifs is 1. The molecule has 0 aliphatic rings. The number of anilines is 1. The predicted octanol–water partition coefficient (Wildman–Crippen LogP) is 3.81. The number of aryl methyl sites for hydroxylation is 2. The van der Waals surface area contributed by atoms with E-state index in [2.05, 4.69) is 54.0 Å². The number of amides is 1. The summed E-state index contributed by atoms with van der Waals surface area (Å²) in [5, 5.41) is 8.85. The van der Waals surface area contributed by atoms with Crippen molar-refractivity contribution in [2.45, 2.75) is 13.8 Å². The first-order valence-corrected chi connectivity index (χ1v) is 7.93. The van der Waals surface area contributed by atoms with Crippen LogP contribution in [-0.4, -0.2) is 27.3 Å². The van der Waals surface area contributed by atoms with E-state index in [1.165, 1.54) is 28.5 Å². The number of ether oxygens (including phenoxy) is 1. The summed E-state index contributed by atoms with van der Waals surface area (Å²) >= 11 is 1.47. The molecule has 0 radical (unpaired) electrons. The van der Waals surface area contributed by atoms with Crippen LogP contribution >= 0.6 is 11.3 Å². The van der Waals surface area contributed by atoms with Gasteiger partial charge in [0.1, 0.15) is 6.61 Å². The first-order valence-electron chi connectivity index (χ1n) is 7.05. The Morgan fingerprint density at radius 3 is 3.04 bits per heavy atom. The zero-order chi connectivity index (χ0) is 16.4. The number of nitrogens with zero attached hydrogens (tertiary/aromatic N) is 3. The van der Waals surface area contributed by atoms with E-state index in [9.17, 15) is 4.79 Å². The molecule has 6 nitrogen and oxygen atoms in total. The van der Waals surface area contributed by atoms with Crippen LogP contribution in [0, 0.1) is 13.8 Å². The summed E-state index contributed by atoms with van der Waals surface area (Å²) in [6.45, 7) is 7.75. The highest BCUT2D eigenvalue weighted by Crippen LogP contribution is 2.28. The average Bonchev–Trinajstić information content (AvgIpc) is 3.05. The van der Waals surface area contributed by atoms with Crippen LogP contribution in [0.1, 0.15) is 11.1 Å². The van der Waals surface area contributed by atoms with Crippen LogP contribution < -0.4 is 5.32 Å². The zero-order valence-electron chi connectivity index (χ0n) is 12.9. The molecule has 0 aliphatic heterocycles. The van der Waals surface area contributed by atoms with Crippen molar-refractivity contribution in [1.29, 1.82) is 0 Å². The third-order valence-electron chi connectivity index (χ3n) is 3.29. The van der Waals surface area contributed by atoms with Crippen LogP contribution in [0.15, 0.2) is 36.2 Å². The van der Waals surface area contributed by atoms with Crippen molar-refractivity contribution in [3.63, 3.8) is 0 Å². The Bertz CT molecular complexity index is 881. The quantitative estimate of drug-likeness (QED) is 0.740. The summed E-state index contributed by atoms with van der Waals surface area (Å²) in [6.07, 6.45) is 0.896. The maximum atomic E-state index is 11.5. The van der Waals surface area contributed by atoms with Crippen LogP contribution in [0.4, 0.5) is 10.7 Å². The van der Waals surface area contributed by atoms with Gasteiger partial charge in [-0.3, -0.25) is 5.32 Å². The predicted molar refractivity (Wildman–Crippen MR) is 90.9 cm³/mol. The Balaban J connectivity index is 1.91. The van der Waals surface area contributed by atoms with Gasteiger partial charge in [0.2, 0.25) is 4.96 Å². The molecular weight excluding hydrogens is 312 g/mol. The number of hydrogen-bond acceptors (Lipinski definition) is 5. The van der Waals surface area contributed by atoms with Crippen molar-refractivity contribution in [3.05, 3.63) is 47.4 Å². The lowest BCUT2D eigenvalue weighted by atomic mass is 10.0. The second kappa shape index (κ2) is 6.21. The topological polar surface area (TPSA) is 68.5 Å². The first kappa shape index (κ1) is 15.2. The Labute approximate surface area is 137 Å². The van der Waals surface area contributed by atoms with Crippen molar-refractivity contribution in [1.82, 2.24) is 14.6 Å². The molecule has 23 heavy (non-hydrogen) atoms. The molecule has 0 bridgehead atoms. The molecular formula is C16H16N4O2S. The van der Waals surface area contributed by atoms with Crippen molar-refractivity contribution in [3.8, 4) is 11.3 Å². The van der Waals surface area contributed by atoms with Crippen LogP contribution in [0.25, 0.3) is 16.2 Å². The molecule has 0 saturated heterocycles. The Hall–Kier alpha value is -2.67. The smallest absolute Gasteiger partial charge is 0.414 e. The number of nitrogens with one attached hydrogen (secondary N) is 1. The summed E-state index contributed by atoms with van der Waals surface area (Å²) in [5.74, 6) is 0.219. The minimum Gasteiger partial charge on any atom is -0.445 e. The van der Waals surface area contributed by atoms with Gasteiger partial charge in [0.25, 0.3) is 5.95 Å². The molecule has 0 unspecified atom stereocenters. The molecule has 0 atom stereocenters. The average molecular weight is 328 g/mol. The summed E-state index contributed by atoms with van der Waals surface area (Å²) < 4.78 is 6.59. The number of benzene rings is 1. The molecule has 1 amide bonds. The van der Waals surface area contributed by atoms with Gasteiger partial charge in [-0.05, 0) is 19.4 Å². The van der Waals surface area contributed by atoms with Gasteiger partial charge in [0.15, 0.2) is 0 Å². The summed E-state index contributed by atoms with van der Waals surface area (Å²) in [7, 11) is 0. The van der Waals surface area contributed by atoms with Gasteiger partial charge < -0.3 is 4.74 Å². The van der Waals surface area contributed by atoms with Crippen molar-refractivity contribution in [2.24, 2.45) is 0 Å². The van der Waals surface area contributed by atoms with Gasteiger partial charge in [0.05, 0.1) is 5.69 Å². The van der Waals surface area contributed by atoms with Gasteiger partial charge in [-0.15, -0.1) is 16.4 Å². The molecule has 0 fully saturated rings.